The fraction of sp³-hybridized carbons (Fsp3) is 0. The van der Waals surface area contributed by atoms with Crippen molar-refractivity contribution in [2.45, 2.75) is 0 Å². The van der Waals surface area contributed by atoms with Gasteiger partial charge in [-0.3, -0.25) is 0 Å². The van der Waals surface area contributed by atoms with E-state index >= 15 is 0 Å². The summed E-state index contributed by atoms with van der Waals surface area (Å²) in [5.74, 6) is 0. The smallest absolute Gasteiger partial charge is 0.0677 e. The van der Waals surface area contributed by atoms with Crippen LogP contribution in [-0.2, 0) is 0 Å². The molecule has 0 fully saturated rings. The summed E-state index contributed by atoms with van der Waals surface area (Å²) in [7, 11) is 0. The van der Waals surface area contributed by atoms with Crippen LogP contribution in [0.25, 0.3) is 21.5 Å². The Bertz CT molecular complexity index is 732. The van der Waals surface area contributed by atoms with E-state index in [-0.39, 0.29) is 0 Å². The Morgan fingerprint density at radius 2 is 1.65 bits per heavy atom. The van der Waals surface area contributed by atoms with Crippen molar-refractivity contribution >= 4 is 56.3 Å². The van der Waals surface area contributed by atoms with Gasteiger partial charge in [-0.05, 0) is 34.4 Å². The maximum Gasteiger partial charge on any atom is 0.0677 e. The lowest BCUT2D eigenvalue weighted by Crippen LogP contribution is -1.80. The summed E-state index contributed by atoms with van der Waals surface area (Å²) in [5, 5.41) is 5.53. The molecular weight excluding hydrogens is 275 g/mol. The summed E-state index contributed by atoms with van der Waals surface area (Å²) in [6.45, 7) is 0. The zero-order valence-electron chi connectivity index (χ0n) is 8.52. The molecule has 0 spiro atoms. The SMILES string of the molecule is Clc1[c]cc2ccc3c(Cl)c(Cl)[c]cc3c2c1. The fourth-order valence-corrected chi connectivity index (χ4v) is 2.46. The van der Waals surface area contributed by atoms with E-state index in [0.717, 1.165) is 21.5 Å². The minimum absolute atomic E-state index is 0.437. The topological polar surface area (TPSA) is 0 Å². The summed E-state index contributed by atoms with van der Waals surface area (Å²) < 4.78 is 0. The lowest BCUT2D eigenvalue weighted by Gasteiger charge is -2.06. The Hall–Kier alpha value is -0.950. The number of hydrogen-bond donors (Lipinski definition) is 0. The Morgan fingerprint density at radius 3 is 2.47 bits per heavy atom. The molecule has 0 saturated carbocycles. The van der Waals surface area contributed by atoms with Crippen molar-refractivity contribution in [3.8, 4) is 0 Å². The number of hydrogen-bond acceptors (Lipinski definition) is 0. The molecule has 0 amide bonds. The van der Waals surface area contributed by atoms with Gasteiger partial charge in [0.1, 0.15) is 0 Å². The van der Waals surface area contributed by atoms with Gasteiger partial charge in [0.05, 0.1) is 10.0 Å². The molecule has 0 unspecified atom stereocenters. The van der Waals surface area contributed by atoms with E-state index < -0.39 is 0 Å². The second-order valence-electron chi connectivity index (χ2n) is 3.73. The van der Waals surface area contributed by atoms with Crippen LogP contribution in [0.15, 0.2) is 30.3 Å². The summed E-state index contributed by atoms with van der Waals surface area (Å²) in [5.41, 5.74) is 0. The molecule has 3 aromatic rings. The van der Waals surface area contributed by atoms with E-state index in [2.05, 4.69) is 12.1 Å². The average Bonchev–Trinajstić information content (AvgIpc) is 2.33. The standard InChI is InChI=1S/C14H5Cl3/c15-9-3-1-8-2-4-11-10(12(8)7-9)5-6-13(16)14(11)17/h1-2,4-5,7H. The molecule has 0 saturated heterocycles. The first-order chi connectivity index (χ1) is 8.16. The van der Waals surface area contributed by atoms with Gasteiger partial charge in [-0.1, -0.05) is 46.9 Å². The number of halogens is 3. The van der Waals surface area contributed by atoms with Gasteiger partial charge < -0.3 is 0 Å². The minimum Gasteiger partial charge on any atom is -0.0836 e. The molecule has 0 aromatic heterocycles. The molecule has 0 aliphatic heterocycles. The predicted octanol–water partition coefficient (Wildman–Crippen LogP) is 5.55. The molecule has 3 rings (SSSR count). The van der Waals surface area contributed by atoms with Gasteiger partial charge in [0.25, 0.3) is 0 Å². The second kappa shape index (κ2) is 4.06. The van der Waals surface area contributed by atoms with Gasteiger partial charge in [0.2, 0.25) is 0 Å². The molecule has 3 aromatic carbocycles. The van der Waals surface area contributed by atoms with E-state index in [9.17, 15) is 0 Å². The molecule has 3 heteroatoms. The van der Waals surface area contributed by atoms with E-state index in [1.54, 1.807) is 0 Å². The van der Waals surface area contributed by atoms with Crippen LogP contribution in [0.5, 0.6) is 0 Å². The molecular formula is C14H5Cl3. The Labute approximate surface area is 114 Å². The monoisotopic (exact) mass is 278 g/mol. The molecule has 0 heterocycles. The highest BCUT2D eigenvalue weighted by atomic mass is 35.5. The first-order valence-corrected chi connectivity index (χ1v) is 6.09. The van der Waals surface area contributed by atoms with Gasteiger partial charge in [0.15, 0.2) is 0 Å². The van der Waals surface area contributed by atoms with E-state index in [1.807, 2.05) is 30.3 Å². The van der Waals surface area contributed by atoms with Gasteiger partial charge >= 0.3 is 0 Å². The van der Waals surface area contributed by atoms with Crippen molar-refractivity contribution in [3.05, 3.63) is 57.5 Å². The number of rotatable bonds is 0. The third kappa shape index (κ3) is 1.77. The molecule has 0 nitrogen and oxygen atoms in total. The van der Waals surface area contributed by atoms with Crippen LogP contribution in [0, 0.1) is 12.1 Å². The Balaban J connectivity index is 2.56. The van der Waals surface area contributed by atoms with Gasteiger partial charge in [-0.15, -0.1) is 0 Å². The second-order valence-corrected chi connectivity index (χ2v) is 4.89. The van der Waals surface area contributed by atoms with E-state index in [1.165, 1.54) is 0 Å². The van der Waals surface area contributed by atoms with Crippen molar-refractivity contribution in [2.24, 2.45) is 0 Å². The summed E-state index contributed by atoms with van der Waals surface area (Å²) >= 11 is 18.1. The quantitative estimate of drug-likeness (QED) is 0.473. The van der Waals surface area contributed by atoms with Crippen molar-refractivity contribution in [1.29, 1.82) is 0 Å². The van der Waals surface area contributed by atoms with Gasteiger partial charge in [-0.25, -0.2) is 0 Å². The highest BCUT2D eigenvalue weighted by molar-refractivity contribution is 6.45. The first kappa shape index (κ1) is 11.2. The molecule has 2 radical (unpaired) electrons. The van der Waals surface area contributed by atoms with Crippen molar-refractivity contribution < 1.29 is 0 Å². The largest absolute Gasteiger partial charge is 0.0836 e. The highest BCUT2D eigenvalue weighted by Crippen LogP contribution is 2.35. The summed E-state index contributed by atoms with van der Waals surface area (Å²) in [6.07, 6.45) is 0. The maximum absolute atomic E-state index is 6.16. The van der Waals surface area contributed by atoms with Gasteiger partial charge in [-0.2, -0.15) is 0 Å². The van der Waals surface area contributed by atoms with Crippen LogP contribution in [-0.4, -0.2) is 0 Å². The fourth-order valence-electron chi connectivity index (χ4n) is 1.92. The van der Waals surface area contributed by atoms with Crippen LogP contribution in [0.3, 0.4) is 0 Å². The van der Waals surface area contributed by atoms with Crippen molar-refractivity contribution in [2.75, 3.05) is 0 Å². The molecule has 0 atom stereocenters. The van der Waals surface area contributed by atoms with E-state index in [0.29, 0.717) is 15.1 Å². The number of benzene rings is 3. The summed E-state index contributed by atoms with van der Waals surface area (Å²) in [4.78, 5) is 0. The van der Waals surface area contributed by atoms with Crippen molar-refractivity contribution in [3.63, 3.8) is 0 Å². The highest BCUT2D eigenvalue weighted by Gasteiger charge is 2.07. The molecule has 0 N–H and O–H groups in total. The predicted molar refractivity (Wildman–Crippen MR) is 74.2 cm³/mol. The molecule has 82 valence electrons. The normalized spacial score (nSPS) is 11.2. The maximum atomic E-state index is 6.16. The minimum atomic E-state index is 0.437. The van der Waals surface area contributed by atoms with Crippen molar-refractivity contribution in [1.82, 2.24) is 0 Å². The van der Waals surface area contributed by atoms with Crippen LogP contribution in [0.1, 0.15) is 0 Å². The average molecular weight is 280 g/mol. The molecule has 0 aliphatic rings. The number of fused-ring (bicyclic) bond motifs is 3. The Kier molecular flexibility index (Phi) is 2.67. The zero-order valence-corrected chi connectivity index (χ0v) is 10.8. The van der Waals surface area contributed by atoms with Crippen LogP contribution >= 0.6 is 34.8 Å². The van der Waals surface area contributed by atoms with Crippen LogP contribution in [0.4, 0.5) is 0 Å². The molecule has 17 heavy (non-hydrogen) atoms. The first-order valence-electron chi connectivity index (χ1n) is 4.96. The Morgan fingerprint density at radius 1 is 0.824 bits per heavy atom. The zero-order chi connectivity index (χ0) is 12.0. The summed E-state index contributed by atoms with van der Waals surface area (Å²) in [6, 6.07) is 15.4. The molecule has 0 bridgehead atoms. The van der Waals surface area contributed by atoms with Crippen LogP contribution < -0.4 is 0 Å². The van der Waals surface area contributed by atoms with Gasteiger partial charge in [0, 0.05) is 22.5 Å². The lowest BCUT2D eigenvalue weighted by molar-refractivity contribution is 1.74. The van der Waals surface area contributed by atoms with Crippen LogP contribution in [0.2, 0.25) is 15.1 Å². The third-order valence-electron chi connectivity index (χ3n) is 2.73. The third-order valence-corrected chi connectivity index (χ3v) is 3.74. The molecule has 0 aliphatic carbocycles. The lowest BCUT2D eigenvalue weighted by atomic mass is 10.0. The van der Waals surface area contributed by atoms with E-state index in [4.69, 9.17) is 34.8 Å².